The van der Waals surface area contributed by atoms with Crippen LogP contribution < -0.4 is 10.5 Å². The highest BCUT2D eigenvalue weighted by Crippen LogP contribution is 2.34. The van der Waals surface area contributed by atoms with Gasteiger partial charge in [0, 0.05) is 16.5 Å². The summed E-state index contributed by atoms with van der Waals surface area (Å²) in [5, 5.41) is 0.814. The Morgan fingerprint density at radius 1 is 1.22 bits per heavy atom. The minimum Gasteiger partial charge on any atom is -0.496 e. The number of para-hydroxylation sites is 2. The van der Waals surface area contributed by atoms with Crippen molar-refractivity contribution in [3.63, 3.8) is 0 Å². The van der Waals surface area contributed by atoms with Crippen molar-refractivity contribution in [1.29, 1.82) is 0 Å². The summed E-state index contributed by atoms with van der Waals surface area (Å²) in [6.07, 6.45) is 1.29. The van der Waals surface area contributed by atoms with Gasteiger partial charge in [0.25, 0.3) is 0 Å². The number of carbonyl (C=O) groups excluding carboxylic acids is 1. The summed E-state index contributed by atoms with van der Waals surface area (Å²) in [6, 6.07) is 14.7. The summed E-state index contributed by atoms with van der Waals surface area (Å²) in [7, 11) is 1.59. The maximum Gasteiger partial charge on any atom is 0.187 e. The van der Waals surface area contributed by atoms with Crippen LogP contribution in [0.25, 0.3) is 22.2 Å². The highest BCUT2D eigenvalue weighted by molar-refractivity contribution is 6.11. The first-order chi connectivity index (χ1) is 11.2. The first-order valence-corrected chi connectivity index (χ1v) is 7.15. The summed E-state index contributed by atoms with van der Waals surface area (Å²) in [6.45, 7) is 3.58. The van der Waals surface area contributed by atoms with Gasteiger partial charge in [0.1, 0.15) is 5.75 Å². The molecule has 1 heterocycles. The summed E-state index contributed by atoms with van der Waals surface area (Å²) < 4.78 is 5.40. The number of anilines is 1. The Bertz CT molecular complexity index is 916. The summed E-state index contributed by atoms with van der Waals surface area (Å²) in [5.41, 5.74) is 9.02. The number of methoxy groups -OCH3 is 1. The van der Waals surface area contributed by atoms with E-state index in [1.165, 1.54) is 6.08 Å². The molecule has 114 valence electrons. The van der Waals surface area contributed by atoms with Crippen LogP contribution in [0.2, 0.25) is 0 Å². The van der Waals surface area contributed by atoms with Crippen LogP contribution in [0.1, 0.15) is 10.4 Å². The third kappa shape index (κ3) is 2.55. The number of ether oxygens (including phenoxy) is 1. The van der Waals surface area contributed by atoms with Crippen LogP contribution in [0.3, 0.4) is 0 Å². The molecule has 0 amide bonds. The molecule has 0 fully saturated rings. The van der Waals surface area contributed by atoms with E-state index in [-0.39, 0.29) is 5.78 Å². The second kappa shape index (κ2) is 5.93. The van der Waals surface area contributed by atoms with Gasteiger partial charge in [-0.25, -0.2) is 4.98 Å². The zero-order valence-electron chi connectivity index (χ0n) is 12.7. The van der Waals surface area contributed by atoms with E-state index in [1.54, 1.807) is 19.2 Å². The molecule has 4 heteroatoms. The minimum atomic E-state index is -0.192. The van der Waals surface area contributed by atoms with Crippen molar-refractivity contribution in [2.75, 3.05) is 12.8 Å². The van der Waals surface area contributed by atoms with Gasteiger partial charge in [0.05, 0.1) is 24.0 Å². The van der Waals surface area contributed by atoms with Gasteiger partial charge in [-0.3, -0.25) is 4.79 Å². The topological polar surface area (TPSA) is 65.2 Å². The third-order valence-electron chi connectivity index (χ3n) is 3.69. The van der Waals surface area contributed by atoms with E-state index in [0.717, 1.165) is 10.9 Å². The zero-order valence-corrected chi connectivity index (χ0v) is 12.7. The molecule has 2 N–H and O–H groups in total. The molecule has 1 aromatic heterocycles. The van der Waals surface area contributed by atoms with Gasteiger partial charge in [-0.05, 0) is 30.3 Å². The van der Waals surface area contributed by atoms with Crippen LogP contribution in [0, 0.1) is 0 Å². The lowest BCUT2D eigenvalue weighted by atomic mass is 9.99. The number of hydrogen-bond donors (Lipinski definition) is 1. The van der Waals surface area contributed by atoms with Gasteiger partial charge in [-0.1, -0.05) is 30.8 Å². The smallest absolute Gasteiger partial charge is 0.187 e. The second-order valence-electron chi connectivity index (χ2n) is 5.07. The number of pyridine rings is 1. The molecule has 2 aromatic carbocycles. The fourth-order valence-electron chi connectivity index (χ4n) is 2.56. The van der Waals surface area contributed by atoms with Gasteiger partial charge in [0.2, 0.25) is 0 Å². The van der Waals surface area contributed by atoms with E-state index >= 15 is 0 Å². The van der Waals surface area contributed by atoms with Crippen LogP contribution >= 0.6 is 0 Å². The molecule has 0 unspecified atom stereocenters. The van der Waals surface area contributed by atoms with Crippen molar-refractivity contribution in [3.05, 3.63) is 66.7 Å². The number of aromatic nitrogens is 1. The molecule has 0 aliphatic rings. The van der Waals surface area contributed by atoms with Crippen molar-refractivity contribution in [2.24, 2.45) is 0 Å². The summed E-state index contributed by atoms with van der Waals surface area (Å²) in [5.74, 6) is 0.453. The van der Waals surface area contributed by atoms with E-state index in [9.17, 15) is 4.79 Å². The number of fused-ring (bicyclic) bond motifs is 1. The maximum absolute atomic E-state index is 12.3. The van der Waals surface area contributed by atoms with Crippen LogP contribution in [0.15, 0.2) is 61.2 Å². The zero-order chi connectivity index (χ0) is 16.4. The molecular weight excluding hydrogens is 288 g/mol. The number of rotatable bonds is 4. The largest absolute Gasteiger partial charge is 0.496 e. The monoisotopic (exact) mass is 304 g/mol. The van der Waals surface area contributed by atoms with Crippen molar-refractivity contribution in [2.45, 2.75) is 0 Å². The Kier molecular flexibility index (Phi) is 3.81. The van der Waals surface area contributed by atoms with Gasteiger partial charge >= 0.3 is 0 Å². The molecule has 4 nitrogen and oxygen atoms in total. The van der Waals surface area contributed by atoms with Crippen molar-refractivity contribution >= 4 is 22.4 Å². The Morgan fingerprint density at radius 3 is 2.74 bits per heavy atom. The van der Waals surface area contributed by atoms with Crippen molar-refractivity contribution < 1.29 is 9.53 Å². The fourth-order valence-corrected chi connectivity index (χ4v) is 2.56. The highest BCUT2D eigenvalue weighted by Gasteiger charge is 2.17. The predicted octanol–water partition coefficient (Wildman–Crippen LogP) is 3.86. The highest BCUT2D eigenvalue weighted by atomic mass is 16.5. The third-order valence-corrected chi connectivity index (χ3v) is 3.69. The number of allylic oxidation sites excluding steroid dienone is 1. The first kappa shape index (κ1) is 14.8. The van der Waals surface area contributed by atoms with E-state index < -0.39 is 0 Å². The Hall–Kier alpha value is -3.14. The number of nitrogen functional groups attached to an aromatic ring is 1. The molecule has 0 aliphatic carbocycles. The average molecular weight is 304 g/mol. The number of hydrogen-bond acceptors (Lipinski definition) is 4. The molecule has 0 saturated carbocycles. The second-order valence-corrected chi connectivity index (χ2v) is 5.07. The number of nitrogens with two attached hydrogens (primary N) is 1. The van der Waals surface area contributed by atoms with E-state index in [0.29, 0.717) is 28.2 Å². The molecule has 23 heavy (non-hydrogen) atoms. The molecule has 0 atom stereocenters. The van der Waals surface area contributed by atoms with Crippen LogP contribution in [-0.4, -0.2) is 17.9 Å². The lowest BCUT2D eigenvalue weighted by Gasteiger charge is -2.13. The predicted molar refractivity (Wildman–Crippen MR) is 92.7 cm³/mol. The molecule has 0 radical (unpaired) electrons. The fraction of sp³-hybridized carbons (Fsp3) is 0.0526. The van der Waals surface area contributed by atoms with Crippen molar-refractivity contribution in [3.8, 4) is 17.0 Å². The van der Waals surface area contributed by atoms with Crippen LogP contribution in [0.5, 0.6) is 5.75 Å². The number of ketones is 1. The number of benzene rings is 2. The molecular formula is C19H16N2O2. The Morgan fingerprint density at radius 2 is 2.00 bits per heavy atom. The van der Waals surface area contributed by atoms with E-state index in [1.807, 2.05) is 36.4 Å². The first-order valence-electron chi connectivity index (χ1n) is 7.15. The van der Waals surface area contributed by atoms with Crippen LogP contribution in [0.4, 0.5) is 5.69 Å². The summed E-state index contributed by atoms with van der Waals surface area (Å²) >= 11 is 0. The molecule has 0 bridgehead atoms. The lowest BCUT2D eigenvalue weighted by Crippen LogP contribution is -2.03. The number of nitrogens with zero attached hydrogens (tertiary/aromatic N) is 1. The average Bonchev–Trinajstić information content (AvgIpc) is 2.60. The lowest BCUT2D eigenvalue weighted by molar-refractivity contribution is 0.104. The van der Waals surface area contributed by atoms with Gasteiger partial charge in [-0.15, -0.1) is 0 Å². The minimum absolute atomic E-state index is 0.192. The summed E-state index contributed by atoms with van der Waals surface area (Å²) in [4.78, 5) is 17.0. The molecule has 3 rings (SSSR count). The standard InChI is InChI=1S/C19H16N2O2/c1-3-16(22)14-11-12-7-6-9-15(20)18(12)21-19(14)13-8-4-5-10-17(13)23-2/h3-11H,1,20H2,2H3. The van der Waals surface area contributed by atoms with E-state index in [2.05, 4.69) is 11.6 Å². The number of carbonyl (C=O) groups is 1. The quantitative estimate of drug-likeness (QED) is 0.451. The van der Waals surface area contributed by atoms with Gasteiger partial charge in [0.15, 0.2) is 5.78 Å². The Balaban J connectivity index is 2.39. The Labute approximate surface area is 134 Å². The van der Waals surface area contributed by atoms with Gasteiger partial charge < -0.3 is 10.5 Å². The van der Waals surface area contributed by atoms with E-state index in [4.69, 9.17) is 10.5 Å². The molecule has 0 aliphatic heterocycles. The van der Waals surface area contributed by atoms with Crippen molar-refractivity contribution in [1.82, 2.24) is 4.98 Å². The van der Waals surface area contributed by atoms with Gasteiger partial charge in [-0.2, -0.15) is 0 Å². The van der Waals surface area contributed by atoms with Crippen LogP contribution in [-0.2, 0) is 0 Å². The molecule has 3 aromatic rings. The maximum atomic E-state index is 12.3. The normalized spacial score (nSPS) is 10.5. The SMILES string of the molecule is C=CC(=O)c1cc2cccc(N)c2nc1-c1ccccc1OC. The molecule has 0 spiro atoms. The molecule has 0 saturated heterocycles.